The second kappa shape index (κ2) is 4.95. The topological polar surface area (TPSA) is 29.3 Å². The molecule has 98 valence electrons. The largest absolute Gasteiger partial charge is 0.399 e. The third kappa shape index (κ3) is 2.38. The standard InChI is InChI=1S/C15H14Cl2N2/c16-13-2-1-3-14(17)12(13)9-19-7-6-10-4-5-11(18)8-15(10)19/h1-5,8H,6-7,9,18H2. The normalized spacial score (nSPS) is 13.7. The number of nitrogens with two attached hydrogens (primary N) is 1. The van der Waals surface area contributed by atoms with E-state index in [1.807, 2.05) is 30.3 Å². The Morgan fingerprint density at radius 3 is 2.58 bits per heavy atom. The van der Waals surface area contributed by atoms with Crippen LogP contribution in [0.3, 0.4) is 0 Å². The van der Waals surface area contributed by atoms with Crippen molar-refractivity contribution in [3.63, 3.8) is 0 Å². The van der Waals surface area contributed by atoms with Crippen molar-refractivity contribution >= 4 is 34.6 Å². The van der Waals surface area contributed by atoms with Crippen molar-refractivity contribution in [1.29, 1.82) is 0 Å². The zero-order chi connectivity index (χ0) is 13.4. The molecule has 4 heteroatoms. The highest BCUT2D eigenvalue weighted by Gasteiger charge is 2.20. The van der Waals surface area contributed by atoms with Crippen molar-refractivity contribution in [2.24, 2.45) is 0 Å². The summed E-state index contributed by atoms with van der Waals surface area (Å²) in [6, 6.07) is 11.7. The summed E-state index contributed by atoms with van der Waals surface area (Å²) >= 11 is 12.5. The maximum Gasteiger partial charge on any atom is 0.0470 e. The lowest BCUT2D eigenvalue weighted by molar-refractivity contribution is 0.836. The van der Waals surface area contributed by atoms with Crippen LogP contribution in [-0.4, -0.2) is 6.54 Å². The van der Waals surface area contributed by atoms with Gasteiger partial charge in [0, 0.05) is 40.1 Å². The summed E-state index contributed by atoms with van der Waals surface area (Å²) in [5.41, 5.74) is 10.2. The average Bonchev–Trinajstić information content (AvgIpc) is 2.76. The molecule has 2 aromatic carbocycles. The number of hydrogen-bond donors (Lipinski definition) is 1. The molecule has 1 aliphatic heterocycles. The van der Waals surface area contributed by atoms with Gasteiger partial charge in [0.15, 0.2) is 0 Å². The summed E-state index contributed by atoms with van der Waals surface area (Å²) in [4.78, 5) is 2.28. The van der Waals surface area contributed by atoms with E-state index in [1.165, 1.54) is 11.3 Å². The van der Waals surface area contributed by atoms with Crippen LogP contribution in [-0.2, 0) is 13.0 Å². The Morgan fingerprint density at radius 1 is 1.11 bits per heavy atom. The van der Waals surface area contributed by atoms with Crippen LogP contribution in [0.25, 0.3) is 0 Å². The van der Waals surface area contributed by atoms with E-state index in [-0.39, 0.29) is 0 Å². The molecule has 0 bridgehead atoms. The number of halogens is 2. The maximum atomic E-state index is 6.23. The fourth-order valence-corrected chi connectivity index (χ4v) is 3.02. The Labute approximate surface area is 122 Å². The highest BCUT2D eigenvalue weighted by atomic mass is 35.5. The molecule has 3 rings (SSSR count). The van der Waals surface area contributed by atoms with Gasteiger partial charge in [-0.3, -0.25) is 0 Å². The molecule has 0 aromatic heterocycles. The molecule has 0 spiro atoms. The predicted molar refractivity (Wildman–Crippen MR) is 82.1 cm³/mol. The first-order valence-electron chi connectivity index (χ1n) is 6.21. The highest BCUT2D eigenvalue weighted by molar-refractivity contribution is 6.36. The van der Waals surface area contributed by atoms with Crippen molar-refractivity contribution in [1.82, 2.24) is 0 Å². The molecule has 1 heterocycles. The van der Waals surface area contributed by atoms with E-state index in [1.54, 1.807) is 0 Å². The Morgan fingerprint density at radius 2 is 1.84 bits per heavy atom. The Kier molecular flexibility index (Phi) is 3.29. The molecule has 0 amide bonds. The average molecular weight is 293 g/mol. The summed E-state index contributed by atoms with van der Waals surface area (Å²) < 4.78 is 0. The number of nitrogen functional groups attached to an aromatic ring is 1. The third-order valence-corrected chi connectivity index (χ3v) is 4.22. The lowest BCUT2D eigenvalue weighted by atomic mass is 10.1. The molecule has 0 unspecified atom stereocenters. The second-order valence-corrected chi connectivity index (χ2v) is 5.57. The van der Waals surface area contributed by atoms with Crippen LogP contribution in [0.15, 0.2) is 36.4 Å². The molecule has 0 aliphatic carbocycles. The summed E-state index contributed by atoms with van der Waals surface area (Å²) in [6.45, 7) is 1.69. The number of nitrogens with zero attached hydrogens (tertiary/aromatic N) is 1. The lowest BCUT2D eigenvalue weighted by Crippen LogP contribution is -2.20. The second-order valence-electron chi connectivity index (χ2n) is 4.76. The number of benzene rings is 2. The maximum absolute atomic E-state index is 6.23. The SMILES string of the molecule is Nc1ccc2c(c1)N(Cc1c(Cl)cccc1Cl)CC2. The Bertz CT molecular complexity index is 605. The molecular formula is C15H14Cl2N2. The molecule has 0 saturated heterocycles. The first-order chi connectivity index (χ1) is 9.15. The van der Waals surface area contributed by atoms with Gasteiger partial charge in [0.2, 0.25) is 0 Å². The van der Waals surface area contributed by atoms with E-state index in [0.717, 1.165) is 30.8 Å². The minimum Gasteiger partial charge on any atom is -0.399 e. The van der Waals surface area contributed by atoms with Crippen molar-refractivity contribution in [2.75, 3.05) is 17.2 Å². The minimum atomic E-state index is 0.713. The van der Waals surface area contributed by atoms with Crippen LogP contribution in [0.5, 0.6) is 0 Å². The minimum absolute atomic E-state index is 0.713. The van der Waals surface area contributed by atoms with Crippen LogP contribution < -0.4 is 10.6 Å². The van der Waals surface area contributed by atoms with Gasteiger partial charge in [-0.1, -0.05) is 35.3 Å². The van der Waals surface area contributed by atoms with Gasteiger partial charge in [-0.2, -0.15) is 0 Å². The van der Waals surface area contributed by atoms with Crippen LogP contribution in [0.2, 0.25) is 10.0 Å². The van der Waals surface area contributed by atoms with Crippen molar-refractivity contribution in [2.45, 2.75) is 13.0 Å². The monoisotopic (exact) mass is 292 g/mol. The van der Waals surface area contributed by atoms with Gasteiger partial charge >= 0.3 is 0 Å². The molecule has 2 N–H and O–H groups in total. The van der Waals surface area contributed by atoms with Crippen LogP contribution in [0, 0.1) is 0 Å². The Balaban J connectivity index is 1.93. The van der Waals surface area contributed by atoms with Crippen LogP contribution >= 0.6 is 23.2 Å². The molecule has 1 aliphatic rings. The van der Waals surface area contributed by atoms with Gasteiger partial charge in [0.25, 0.3) is 0 Å². The first-order valence-corrected chi connectivity index (χ1v) is 6.97. The van der Waals surface area contributed by atoms with Gasteiger partial charge in [0.05, 0.1) is 0 Å². The molecule has 0 saturated carbocycles. The van der Waals surface area contributed by atoms with E-state index >= 15 is 0 Å². The lowest BCUT2D eigenvalue weighted by Gasteiger charge is -2.21. The summed E-state index contributed by atoms with van der Waals surface area (Å²) in [7, 11) is 0. The highest BCUT2D eigenvalue weighted by Crippen LogP contribution is 2.34. The molecular weight excluding hydrogens is 279 g/mol. The number of fused-ring (bicyclic) bond motifs is 1. The molecule has 2 aromatic rings. The summed E-state index contributed by atoms with van der Waals surface area (Å²) in [5.74, 6) is 0. The summed E-state index contributed by atoms with van der Waals surface area (Å²) in [5, 5.41) is 1.43. The van der Waals surface area contributed by atoms with Gasteiger partial charge in [0.1, 0.15) is 0 Å². The van der Waals surface area contributed by atoms with E-state index in [0.29, 0.717) is 10.0 Å². The number of anilines is 2. The van der Waals surface area contributed by atoms with Crippen molar-refractivity contribution in [3.05, 3.63) is 57.6 Å². The molecule has 0 atom stereocenters. The first kappa shape index (κ1) is 12.6. The van der Waals surface area contributed by atoms with E-state index < -0.39 is 0 Å². The van der Waals surface area contributed by atoms with Crippen LogP contribution in [0.4, 0.5) is 11.4 Å². The zero-order valence-electron chi connectivity index (χ0n) is 10.4. The van der Waals surface area contributed by atoms with Gasteiger partial charge < -0.3 is 10.6 Å². The fraction of sp³-hybridized carbons (Fsp3) is 0.200. The number of hydrogen-bond acceptors (Lipinski definition) is 2. The van der Waals surface area contributed by atoms with Crippen molar-refractivity contribution < 1.29 is 0 Å². The molecule has 0 radical (unpaired) electrons. The van der Waals surface area contributed by atoms with Crippen LogP contribution in [0.1, 0.15) is 11.1 Å². The smallest absolute Gasteiger partial charge is 0.0470 e. The van der Waals surface area contributed by atoms with E-state index in [9.17, 15) is 0 Å². The third-order valence-electron chi connectivity index (χ3n) is 3.51. The van der Waals surface area contributed by atoms with Gasteiger partial charge in [-0.05, 0) is 36.2 Å². The molecule has 19 heavy (non-hydrogen) atoms. The van der Waals surface area contributed by atoms with E-state index in [2.05, 4.69) is 11.0 Å². The van der Waals surface area contributed by atoms with Gasteiger partial charge in [-0.25, -0.2) is 0 Å². The molecule has 0 fully saturated rings. The number of rotatable bonds is 2. The molecule has 2 nitrogen and oxygen atoms in total. The van der Waals surface area contributed by atoms with Gasteiger partial charge in [-0.15, -0.1) is 0 Å². The van der Waals surface area contributed by atoms with Crippen molar-refractivity contribution in [3.8, 4) is 0 Å². The zero-order valence-corrected chi connectivity index (χ0v) is 11.9. The Hall–Kier alpha value is -1.38. The quantitative estimate of drug-likeness (QED) is 0.843. The summed E-state index contributed by atoms with van der Waals surface area (Å²) in [6.07, 6.45) is 1.04. The van der Waals surface area contributed by atoms with E-state index in [4.69, 9.17) is 28.9 Å². The predicted octanol–water partition coefficient (Wildman–Crippen LogP) is 4.14. The fourth-order valence-electron chi connectivity index (χ4n) is 2.50.